The molecule has 1 aromatic rings. The molecule has 1 amide bonds. The van der Waals surface area contributed by atoms with Crippen LogP contribution in [0.4, 0.5) is 9.18 Å². The maximum atomic E-state index is 12.8. The molecule has 1 saturated heterocycles. The number of hydrogen-bond donors (Lipinski definition) is 0. The number of pyridine rings is 1. The van der Waals surface area contributed by atoms with Gasteiger partial charge < -0.3 is 14.4 Å². The van der Waals surface area contributed by atoms with E-state index >= 15 is 0 Å². The molecule has 5 nitrogen and oxygen atoms in total. The fourth-order valence-electron chi connectivity index (χ4n) is 3.27. The van der Waals surface area contributed by atoms with Crippen molar-refractivity contribution in [3.05, 3.63) is 24.1 Å². The van der Waals surface area contributed by atoms with Gasteiger partial charge in [0.25, 0.3) is 0 Å². The van der Waals surface area contributed by atoms with Crippen LogP contribution in [0.5, 0.6) is 5.88 Å². The van der Waals surface area contributed by atoms with Gasteiger partial charge in [0, 0.05) is 25.1 Å². The summed E-state index contributed by atoms with van der Waals surface area (Å²) in [5.41, 5.74) is -0.490. The van der Waals surface area contributed by atoms with Gasteiger partial charge in [-0.1, -0.05) is 0 Å². The highest BCUT2D eigenvalue weighted by Crippen LogP contribution is 2.47. The van der Waals surface area contributed by atoms with Gasteiger partial charge in [0.05, 0.1) is 12.8 Å². The van der Waals surface area contributed by atoms with Crippen LogP contribution in [0.2, 0.25) is 0 Å². The standard InChI is InChI=1S/C18H25FN2O3/c1-18(2,3)24-17(22)21-11-13-8-12(13)9-15(21)6-7-23-16-5-4-14(19)10-20-16/h4-5,10,12-13,15H,6-9,11H2,1-3H3. The number of ether oxygens (including phenoxy) is 2. The van der Waals surface area contributed by atoms with E-state index < -0.39 is 5.60 Å². The highest BCUT2D eigenvalue weighted by atomic mass is 19.1. The van der Waals surface area contributed by atoms with Crippen LogP contribution in [0.15, 0.2) is 18.3 Å². The number of piperidine rings is 1. The monoisotopic (exact) mass is 336 g/mol. The summed E-state index contributed by atoms with van der Waals surface area (Å²) in [6.45, 7) is 6.87. The van der Waals surface area contributed by atoms with Crippen LogP contribution >= 0.6 is 0 Å². The number of fused-ring (bicyclic) bond motifs is 1. The van der Waals surface area contributed by atoms with E-state index in [0.717, 1.165) is 31.5 Å². The maximum Gasteiger partial charge on any atom is 0.410 e. The first-order valence-corrected chi connectivity index (χ1v) is 8.56. The summed E-state index contributed by atoms with van der Waals surface area (Å²) in [5.74, 6) is 1.39. The van der Waals surface area contributed by atoms with E-state index in [9.17, 15) is 9.18 Å². The van der Waals surface area contributed by atoms with Crippen LogP contribution in [0, 0.1) is 17.7 Å². The normalized spacial score (nSPS) is 25.8. The second-order valence-corrected chi connectivity index (χ2v) is 7.73. The predicted octanol–water partition coefficient (Wildman–Crippen LogP) is 3.64. The number of carbonyl (C=O) groups is 1. The summed E-state index contributed by atoms with van der Waals surface area (Å²) in [6, 6.07) is 2.97. The average Bonchev–Trinajstić information content (AvgIpc) is 3.25. The lowest BCUT2D eigenvalue weighted by Gasteiger charge is -2.36. The van der Waals surface area contributed by atoms with Crippen molar-refractivity contribution in [1.82, 2.24) is 9.88 Å². The van der Waals surface area contributed by atoms with Crippen molar-refractivity contribution in [2.75, 3.05) is 13.2 Å². The van der Waals surface area contributed by atoms with Gasteiger partial charge >= 0.3 is 6.09 Å². The van der Waals surface area contributed by atoms with E-state index in [1.54, 1.807) is 0 Å². The lowest BCUT2D eigenvalue weighted by molar-refractivity contribution is 0.00613. The number of hydrogen-bond acceptors (Lipinski definition) is 4. The summed E-state index contributed by atoms with van der Waals surface area (Å²) < 4.78 is 24.0. The Morgan fingerprint density at radius 2 is 2.12 bits per heavy atom. The number of halogens is 1. The number of carbonyl (C=O) groups excluding carboxylic acids is 1. The fraction of sp³-hybridized carbons (Fsp3) is 0.667. The van der Waals surface area contributed by atoms with Crippen molar-refractivity contribution in [2.45, 2.75) is 51.7 Å². The van der Waals surface area contributed by atoms with Gasteiger partial charge in [-0.25, -0.2) is 14.2 Å². The lowest BCUT2D eigenvalue weighted by Crippen LogP contribution is -2.47. The van der Waals surface area contributed by atoms with Crippen molar-refractivity contribution in [3.63, 3.8) is 0 Å². The Kier molecular flexibility index (Phi) is 4.65. The maximum absolute atomic E-state index is 12.8. The van der Waals surface area contributed by atoms with Gasteiger partial charge in [-0.05, 0) is 51.5 Å². The first-order valence-electron chi connectivity index (χ1n) is 8.56. The molecule has 0 bridgehead atoms. The van der Waals surface area contributed by atoms with Crippen LogP contribution in [0.3, 0.4) is 0 Å². The van der Waals surface area contributed by atoms with E-state index in [-0.39, 0.29) is 18.0 Å². The third kappa shape index (κ3) is 4.36. The Bertz CT molecular complexity index is 585. The van der Waals surface area contributed by atoms with Crippen LogP contribution in [0.1, 0.15) is 40.0 Å². The lowest BCUT2D eigenvalue weighted by atomic mass is 10.00. The zero-order valence-electron chi connectivity index (χ0n) is 14.5. The van der Waals surface area contributed by atoms with Gasteiger partial charge in [-0.2, -0.15) is 0 Å². The zero-order chi connectivity index (χ0) is 17.3. The molecule has 3 atom stereocenters. The van der Waals surface area contributed by atoms with Gasteiger partial charge in [-0.15, -0.1) is 0 Å². The largest absolute Gasteiger partial charge is 0.478 e. The van der Waals surface area contributed by atoms with Crippen LogP contribution < -0.4 is 4.74 Å². The molecule has 132 valence electrons. The Morgan fingerprint density at radius 3 is 2.79 bits per heavy atom. The van der Waals surface area contributed by atoms with Gasteiger partial charge in [0.2, 0.25) is 5.88 Å². The number of nitrogens with zero attached hydrogens (tertiary/aromatic N) is 2. The highest BCUT2D eigenvalue weighted by molar-refractivity contribution is 5.69. The molecule has 1 aliphatic heterocycles. The van der Waals surface area contributed by atoms with Crippen molar-refractivity contribution >= 4 is 6.09 Å². The van der Waals surface area contributed by atoms with E-state index in [0.29, 0.717) is 18.4 Å². The summed E-state index contributed by atoms with van der Waals surface area (Å²) in [6.07, 6.45) is 3.83. The molecule has 24 heavy (non-hydrogen) atoms. The Hall–Kier alpha value is -1.85. The number of amides is 1. The van der Waals surface area contributed by atoms with Gasteiger partial charge in [-0.3, -0.25) is 0 Å². The fourth-order valence-corrected chi connectivity index (χ4v) is 3.27. The molecule has 0 spiro atoms. The topological polar surface area (TPSA) is 51.7 Å². The van der Waals surface area contributed by atoms with Crippen molar-refractivity contribution in [3.8, 4) is 5.88 Å². The molecule has 0 radical (unpaired) electrons. The Morgan fingerprint density at radius 1 is 1.33 bits per heavy atom. The third-order valence-electron chi connectivity index (χ3n) is 4.55. The van der Waals surface area contributed by atoms with E-state index in [1.165, 1.54) is 18.6 Å². The molecule has 2 heterocycles. The second kappa shape index (κ2) is 6.57. The number of likely N-dealkylation sites (tertiary alicyclic amines) is 1. The average molecular weight is 336 g/mol. The third-order valence-corrected chi connectivity index (χ3v) is 4.55. The van der Waals surface area contributed by atoms with Crippen LogP contribution in [-0.2, 0) is 4.74 Å². The SMILES string of the molecule is CC(C)(C)OC(=O)N1CC2CC2CC1CCOc1ccc(F)cn1. The van der Waals surface area contributed by atoms with E-state index in [4.69, 9.17) is 9.47 Å². The molecule has 1 aromatic heterocycles. The van der Waals surface area contributed by atoms with Crippen molar-refractivity contribution < 1.29 is 18.7 Å². The Labute approximate surface area is 142 Å². The van der Waals surface area contributed by atoms with Gasteiger partial charge in [0.15, 0.2) is 0 Å². The Balaban J connectivity index is 1.55. The molecule has 6 heteroatoms. The second-order valence-electron chi connectivity index (χ2n) is 7.73. The molecule has 1 aliphatic carbocycles. The first kappa shape index (κ1) is 17.0. The summed E-state index contributed by atoms with van der Waals surface area (Å²) in [5, 5.41) is 0. The molecular formula is C18H25FN2O3. The first-order chi connectivity index (χ1) is 11.3. The van der Waals surface area contributed by atoms with Crippen molar-refractivity contribution in [2.24, 2.45) is 11.8 Å². The minimum Gasteiger partial charge on any atom is -0.478 e. The molecule has 0 N–H and O–H groups in total. The quantitative estimate of drug-likeness (QED) is 0.842. The van der Waals surface area contributed by atoms with Gasteiger partial charge in [0.1, 0.15) is 11.4 Å². The molecule has 3 unspecified atom stereocenters. The highest BCUT2D eigenvalue weighted by Gasteiger charge is 2.47. The molecule has 1 saturated carbocycles. The van der Waals surface area contributed by atoms with E-state index in [2.05, 4.69) is 4.98 Å². The molecular weight excluding hydrogens is 311 g/mol. The minimum absolute atomic E-state index is 0.129. The van der Waals surface area contributed by atoms with Crippen molar-refractivity contribution in [1.29, 1.82) is 0 Å². The molecule has 2 fully saturated rings. The molecule has 3 rings (SSSR count). The smallest absolute Gasteiger partial charge is 0.410 e. The predicted molar refractivity (Wildman–Crippen MR) is 87.2 cm³/mol. The number of aromatic nitrogens is 1. The molecule has 0 aromatic carbocycles. The van der Waals surface area contributed by atoms with Crippen LogP contribution in [0.25, 0.3) is 0 Å². The summed E-state index contributed by atoms with van der Waals surface area (Å²) >= 11 is 0. The zero-order valence-corrected chi connectivity index (χ0v) is 14.5. The summed E-state index contributed by atoms with van der Waals surface area (Å²) in [4.78, 5) is 18.2. The minimum atomic E-state index is -0.490. The summed E-state index contributed by atoms with van der Waals surface area (Å²) in [7, 11) is 0. The number of rotatable bonds is 4. The molecule has 2 aliphatic rings. The van der Waals surface area contributed by atoms with E-state index in [1.807, 2.05) is 25.7 Å². The van der Waals surface area contributed by atoms with Crippen LogP contribution in [-0.4, -0.2) is 40.8 Å².